The first-order valence-corrected chi connectivity index (χ1v) is 8.61. The summed E-state index contributed by atoms with van der Waals surface area (Å²) in [5.41, 5.74) is 0.0366. The van der Waals surface area contributed by atoms with Crippen LogP contribution in [0.4, 0.5) is 0 Å². The van der Waals surface area contributed by atoms with Crippen LogP contribution in [0.1, 0.15) is 51.9 Å². The maximum absolute atomic E-state index is 6.23. The number of hydrogen-bond donors (Lipinski definition) is 1. The van der Waals surface area contributed by atoms with Crippen molar-refractivity contribution in [3.8, 4) is 0 Å². The first-order chi connectivity index (χ1) is 10.3. The molecule has 0 saturated heterocycles. The number of rotatable bonds is 12. The SMILES string of the molecule is CCCC1CCC(CNC)(OCCOCCCOC)CC1. The van der Waals surface area contributed by atoms with Crippen LogP contribution in [0.15, 0.2) is 0 Å². The third-order valence-corrected chi connectivity index (χ3v) is 4.49. The Morgan fingerprint density at radius 3 is 2.48 bits per heavy atom. The van der Waals surface area contributed by atoms with Gasteiger partial charge in [0.15, 0.2) is 0 Å². The zero-order valence-corrected chi connectivity index (χ0v) is 14.3. The molecule has 1 aliphatic carbocycles. The van der Waals surface area contributed by atoms with Crippen molar-refractivity contribution in [1.29, 1.82) is 0 Å². The van der Waals surface area contributed by atoms with E-state index >= 15 is 0 Å². The fraction of sp³-hybridized carbons (Fsp3) is 1.00. The van der Waals surface area contributed by atoms with Crippen molar-refractivity contribution in [2.75, 3.05) is 47.1 Å². The molecule has 0 unspecified atom stereocenters. The van der Waals surface area contributed by atoms with Crippen molar-refractivity contribution < 1.29 is 14.2 Å². The zero-order chi connectivity index (χ0) is 15.4. The second-order valence-corrected chi connectivity index (χ2v) is 6.25. The van der Waals surface area contributed by atoms with Crippen LogP contribution in [-0.4, -0.2) is 52.7 Å². The summed E-state index contributed by atoms with van der Waals surface area (Å²) in [6.45, 7) is 6.15. The van der Waals surface area contributed by atoms with Gasteiger partial charge in [-0.05, 0) is 45.1 Å². The Morgan fingerprint density at radius 1 is 1.10 bits per heavy atom. The molecule has 4 heteroatoms. The average molecular weight is 301 g/mol. The monoisotopic (exact) mass is 301 g/mol. The minimum absolute atomic E-state index is 0.0366. The van der Waals surface area contributed by atoms with E-state index in [1.165, 1.54) is 38.5 Å². The Hall–Kier alpha value is -0.160. The molecule has 1 N–H and O–H groups in total. The highest BCUT2D eigenvalue weighted by Crippen LogP contribution is 2.36. The summed E-state index contributed by atoms with van der Waals surface area (Å²) < 4.78 is 16.8. The Bertz CT molecular complexity index is 240. The second-order valence-electron chi connectivity index (χ2n) is 6.25. The maximum Gasteiger partial charge on any atom is 0.0807 e. The number of methoxy groups -OCH3 is 1. The van der Waals surface area contributed by atoms with Crippen molar-refractivity contribution in [3.63, 3.8) is 0 Å². The number of nitrogens with one attached hydrogen (secondary N) is 1. The van der Waals surface area contributed by atoms with E-state index in [1.807, 2.05) is 7.05 Å². The molecule has 0 aromatic rings. The van der Waals surface area contributed by atoms with Gasteiger partial charge in [-0.25, -0.2) is 0 Å². The van der Waals surface area contributed by atoms with Gasteiger partial charge in [-0.1, -0.05) is 19.8 Å². The molecule has 0 aliphatic heterocycles. The van der Waals surface area contributed by atoms with Gasteiger partial charge in [0.05, 0.1) is 18.8 Å². The van der Waals surface area contributed by atoms with Crippen molar-refractivity contribution in [2.24, 2.45) is 5.92 Å². The molecule has 0 heterocycles. The van der Waals surface area contributed by atoms with Crippen molar-refractivity contribution in [3.05, 3.63) is 0 Å². The first kappa shape index (κ1) is 18.9. The third kappa shape index (κ3) is 7.59. The quantitative estimate of drug-likeness (QED) is 0.563. The number of likely N-dealkylation sites (N-methyl/N-ethyl adjacent to an activating group) is 1. The first-order valence-electron chi connectivity index (χ1n) is 8.61. The van der Waals surface area contributed by atoms with E-state index in [1.54, 1.807) is 7.11 Å². The smallest absolute Gasteiger partial charge is 0.0807 e. The molecule has 1 saturated carbocycles. The van der Waals surface area contributed by atoms with E-state index in [0.29, 0.717) is 13.2 Å². The molecular weight excluding hydrogens is 266 g/mol. The van der Waals surface area contributed by atoms with Crippen LogP contribution in [0, 0.1) is 5.92 Å². The average Bonchev–Trinajstić information content (AvgIpc) is 2.49. The molecule has 0 spiro atoms. The summed E-state index contributed by atoms with van der Waals surface area (Å²) in [7, 11) is 3.74. The van der Waals surface area contributed by atoms with E-state index < -0.39 is 0 Å². The lowest BCUT2D eigenvalue weighted by Gasteiger charge is -2.40. The zero-order valence-electron chi connectivity index (χ0n) is 14.3. The van der Waals surface area contributed by atoms with E-state index in [9.17, 15) is 0 Å². The lowest BCUT2D eigenvalue weighted by atomic mass is 9.77. The summed E-state index contributed by atoms with van der Waals surface area (Å²) in [5.74, 6) is 0.911. The van der Waals surface area contributed by atoms with Gasteiger partial charge in [0.2, 0.25) is 0 Å². The fourth-order valence-electron chi connectivity index (χ4n) is 3.32. The van der Waals surface area contributed by atoms with Crippen LogP contribution >= 0.6 is 0 Å². The van der Waals surface area contributed by atoms with Crippen LogP contribution < -0.4 is 5.32 Å². The highest BCUT2D eigenvalue weighted by Gasteiger charge is 2.35. The van der Waals surface area contributed by atoms with E-state index in [0.717, 1.165) is 32.1 Å². The standard InChI is InChI=1S/C17H35NO3/c1-4-6-16-7-9-17(10-8-16,15-18-2)21-14-13-20-12-5-11-19-3/h16,18H,4-15H2,1-3H3. The van der Waals surface area contributed by atoms with Gasteiger partial charge in [-0.15, -0.1) is 0 Å². The van der Waals surface area contributed by atoms with Gasteiger partial charge in [0.25, 0.3) is 0 Å². The molecule has 1 rings (SSSR count). The molecule has 4 nitrogen and oxygen atoms in total. The summed E-state index contributed by atoms with van der Waals surface area (Å²) in [6.07, 6.45) is 8.62. The lowest BCUT2D eigenvalue weighted by Crippen LogP contribution is -2.45. The van der Waals surface area contributed by atoms with E-state index in [4.69, 9.17) is 14.2 Å². The molecule has 0 amide bonds. The van der Waals surface area contributed by atoms with Crippen molar-refractivity contribution in [2.45, 2.75) is 57.5 Å². The van der Waals surface area contributed by atoms with Gasteiger partial charge >= 0.3 is 0 Å². The normalized spacial score (nSPS) is 26.1. The van der Waals surface area contributed by atoms with Crippen LogP contribution in [0.25, 0.3) is 0 Å². The molecule has 1 aliphatic rings. The maximum atomic E-state index is 6.23. The molecule has 21 heavy (non-hydrogen) atoms. The highest BCUT2D eigenvalue weighted by molar-refractivity contribution is 4.89. The Balaban J connectivity index is 2.20. The third-order valence-electron chi connectivity index (χ3n) is 4.49. The second kappa shape index (κ2) is 11.4. The van der Waals surface area contributed by atoms with Gasteiger partial charge in [-0.3, -0.25) is 0 Å². The number of ether oxygens (including phenoxy) is 3. The summed E-state index contributed by atoms with van der Waals surface area (Å²) in [4.78, 5) is 0. The Kier molecular flexibility index (Phi) is 10.3. The Labute approximate surface area is 130 Å². The molecular formula is C17H35NO3. The molecule has 126 valence electrons. The Morgan fingerprint density at radius 2 is 1.86 bits per heavy atom. The van der Waals surface area contributed by atoms with Gasteiger partial charge in [-0.2, -0.15) is 0 Å². The lowest BCUT2D eigenvalue weighted by molar-refractivity contribution is -0.0927. The predicted octanol–water partition coefficient (Wildman–Crippen LogP) is 3.00. The molecule has 1 fully saturated rings. The predicted molar refractivity (Wildman–Crippen MR) is 86.8 cm³/mol. The molecule has 0 atom stereocenters. The molecule has 0 aromatic heterocycles. The minimum Gasteiger partial charge on any atom is -0.385 e. The summed E-state index contributed by atoms with van der Waals surface area (Å²) in [6, 6.07) is 0. The van der Waals surface area contributed by atoms with E-state index in [2.05, 4.69) is 12.2 Å². The molecule has 0 bridgehead atoms. The topological polar surface area (TPSA) is 39.7 Å². The van der Waals surface area contributed by atoms with Gasteiger partial charge in [0.1, 0.15) is 0 Å². The molecule has 0 radical (unpaired) electrons. The van der Waals surface area contributed by atoms with Crippen LogP contribution in [0.5, 0.6) is 0 Å². The van der Waals surface area contributed by atoms with Gasteiger partial charge in [0, 0.05) is 26.9 Å². The minimum atomic E-state index is 0.0366. The largest absolute Gasteiger partial charge is 0.385 e. The van der Waals surface area contributed by atoms with Crippen LogP contribution in [-0.2, 0) is 14.2 Å². The van der Waals surface area contributed by atoms with Crippen molar-refractivity contribution >= 4 is 0 Å². The highest BCUT2D eigenvalue weighted by atomic mass is 16.5. The van der Waals surface area contributed by atoms with Crippen molar-refractivity contribution in [1.82, 2.24) is 5.32 Å². The fourth-order valence-corrected chi connectivity index (χ4v) is 3.32. The van der Waals surface area contributed by atoms with Crippen LogP contribution in [0.2, 0.25) is 0 Å². The van der Waals surface area contributed by atoms with E-state index in [-0.39, 0.29) is 5.60 Å². The number of hydrogen-bond acceptors (Lipinski definition) is 4. The molecule has 0 aromatic carbocycles. The van der Waals surface area contributed by atoms with Gasteiger partial charge < -0.3 is 19.5 Å². The summed E-state index contributed by atoms with van der Waals surface area (Å²) in [5, 5.41) is 3.31. The summed E-state index contributed by atoms with van der Waals surface area (Å²) >= 11 is 0. The van der Waals surface area contributed by atoms with Crippen LogP contribution in [0.3, 0.4) is 0 Å².